The van der Waals surface area contributed by atoms with Gasteiger partial charge in [-0.1, -0.05) is 38.1 Å². The van der Waals surface area contributed by atoms with Crippen molar-refractivity contribution in [2.45, 2.75) is 19.8 Å². The molecule has 0 spiro atoms. The second-order valence-electron chi connectivity index (χ2n) is 5.87. The van der Waals surface area contributed by atoms with Crippen molar-refractivity contribution in [2.24, 2.45) is 0 Å². The van der Waals surface area contributed by atoms with Gasteiger partial charge in [-0.2, -0.15) is 4.98 Å². The average Bonchev–Trinajstić information content (AvgIpc) is 2.61. The molecule has 0 aliphatic rings. The SMILES string of the molecule is CC(C)c1ccc(Oc2ncnc(Nc3ccccc3Br)c2N)cc1. The third-order valence-electron chi connectivity index (χ3n) is 3.74. The van der Waals surface area contributed by atoms with Crippen molar-refractivity contribution in [1.82, 2.24) is 9.97 Å². The minimum Gasteiger partial charge on any atom is -0.437 e. The highest BCUT2D eigenvalue weighted by Crippen LogP contribution is 2.33. The Morgan fingerprint density at radius 2 is 1.76 bits per heavy atom. The maximum atomic E-state index is 6.18. The summed E-state index contributed by atoms with van der Waals surface area (Å²) in [5.41, 5.74) is 8.64. The fourth-order valence-electron chi connectivity index (χ4n) is 2.28. The van der Waals surface area contributed by atoms with Gasteiger partial charge in [0.1, 0.15) is 17.8 Å². The van der Waals surface area contributed by atoms with E-state index in [4.69, 9.17) is 10.5 Å². The molecule has 0 atom stereocenters. The highest BCUT2D eigenvalue weighted by atomic mass is 79.9. The number of anilines is 3. The Morgan fingerprint density at radius 1 is 1.04 bits per heavy atom. The zero-order valence-electron chi connectivity index (χ0n) is 14.0. The number of halogens is 1. The molecule has 2 aromatic carbocycles. The van der Waals surface area contributed by atoms with Crippen molar-refractivity contribution >= 4 is 33.1 Å². The van der Waals surface area contributed by atoms with Crippen LogP contribution in [0, 0.1) is 0 Å². The Balaban J connectivity index is 1.82. The Kier molecular flexibility index (Phi) is 5.19. The number of nitrogens with one attached hydrogen (secondary N) is 1. The first-order valence-corrected chi connectivity index (χ1v) is 8.73. The Labute approximate surface area is 155 Å². The molecule has 3 rings (SSSR count). The van der Waals surface area contributed by atoms with Crippen LogP contribution in [-0.2, 0) is 0 Å². The van der Waals surface area contributed by atoms with Crippen LogP contribution in [0.25, 0.3) is 0 Å². The quantitative estimate of drug-likeness (QED) is 0.594. The van der Waals surface area contributed by atoms with Crippen molar-refractivity contribution in [3.8, 4) is 11.6 Å². The van der Waals surface area contributed by atoms with E-state index in [2.05, 4.69) is 45.1 Å². The van der Waals surface area contributed by atoms with Crippen LogP contribution in [-0.4, -0.2) is 9.97 Å². The van der Waals surface area contributed by atoms with Gasteiger partial charge in [-0.3, -0.25) is 0 Å². The van der Waals surface area contributed by atoms with Crippen LogP contribution in [0.3, 0.4) is 0 Å². The summed E-state index contributed by atoms with van der Waals surface area (Å²) in [6.45, 7) is 4.30. The molecule has 0 saturated heterocycles. The number of hydrogen-bond donors (Lipinski definition) is 2. The highest BCUT2D eigenvalue weighted by molar-refractivity contribution is 9.10. The van der Waals surface area contributed by atoms with Gasteiger partial charge < -0.3 is 15.8 Å². The molecule has 0 saturated carbocycles. The number of nitrogens with two attached hydrogens (primary N) is 1. The van der Waals surface area contributed by atoms with Crippen LogP contribution < -0.4 is 15.8 Å². The van der Waals surface area contributed by atoms with E-state index in [-0.39, 0.29) is 0 Å². The number of nitrogen functional groups attached to an aromatic ring is 1. The van der Waals surface area contributed by atoms with E-state index < -0.39 is 0 Å². The van der Waals surface area contributed by atoms with Gasteiger partial charge in [-0.25, -0.2) is 4.98 Å². The Morgan fingerprint density at radius 3 is 2.44 bits per heavy atom. The van der Waals surface area contributed by atoms with Crippen molar-refractivity contribution in [3.63, 3.8) is 0 Å². The topological polar surface area (TPSA) is 73.1 Å². The van der Waals surface area contributed by atoms with E-state index in [9.17, 15) is 0 Å². The normalized spacial score (nSPS) is 10.7. The minimum atomic E-state index is 0.321. The smallest absolute Gasteiger partial charge is 0.248 e. The molecule has 0 bridgehead atoms. The second kappa shape index (κ2) is 7.53. The number of hydrogen-bond acceptors (Lipinski definition) is 5. The number of para-hydroxylation sites is 1. The summed E-state index contributed by atoms with van der Waals surface area (Å²) in [5.74, 6) is 1.97. The number of rotatable bonds is 5. The van der Waals surface area contributed by atoms with Crippen LogP contribution in [0.15, 0.2) is 59.3 Å². The molecule has 0 fully saturated rings. The largest absolute Gasteiger partial charge is 0.437 e. The summed E-state index contributed by atoms with van der Waals surface area (Å²) in [6, 6.07) is 15.6. The van der Waals surface area contributed by atoms with E-state index in [0.717, 1.165) is 10.2 Å². The van der Waals surface area contributed by atoms with Gasteiger partial charge in [-0.15, -0.1) is 0 Å². The minimum absolute atomic E-state index is 0.321. The van der Waals surface area contributed by atoms with E-state index in [0.29, 0.717) is 29.1 Å². The van der Waals surface area contributed by atoms with Crippen molar-refractivity contribution < 1.29 is 4.74 Å². The molecule has 5 nitrogen and oxygen atoms in total. The lowest BCUT2D eigenvalue weighted by Crippen LogP contribution is -2.03. The maximum Gasteiger partial charge on any atom is 0.248 e. The molecule has 128 valence electrons. The third kappa shape index (κ3) is 4.09. The van der Waals surface area contributed by atoms with Gasteiger partial charge in [0.25, 0.3) is 0 Å². The monoisotopic (exact) mass is 398 g/mol. The van der Waals surface area contributed by atoms with Gasteiger partial charge in [0.15, 0.2) is 5.82 Å². The summed E-state index contributed by atoms with van der Waals surface area (Å²) >= 11 is 3.49. The molecule has 25 heavy (non-hydrogen) atoms. The summed E-state index contributed by atoms with van der Waals surface area (Å²) in [6.07, 6.45) is 1.42. The average molecular weight is 399 g/mol. The van der Waals surface area contributed by atoms with Crippen LogP contribution in [0.5, 0.6) is 11.6 Å². The molecule has 0 amide bonds. The molecule has 0 unspecified atom stereocenters. The Bertz CT molecular complexity index is 866. The first-order valence-electron chi connectivity index (χ1n) is 7.94. The standard InChI is InChI=1S/C19H19BrN4O/c1-12(2)13-7-9-14(10-8-13)25-19-17(21)18(22-11-23-19)24-16-6-4-3-5-15(16)20/h3-12H,21H2,1-2H3,(H,22,23,24). The molecular formula is C19H19BrN4O. The number of aromatic nitrogens is 2. The lowest BCUT2D eigenvalue weighted by atomic mass is 10.0. The maximum absolute atomic E-state index is 6.18. The van der Waals surface area contributed by atoms with Crippen LogP contribution >= 0.6 is 15.9 Å². The van der Waals surface area contributed by atoms with Gasteiger partial charge in [0, 0.05) is 4.47 Å². The number of nitrogens with zero attached hydrogens (tertiary/aromatic N) is 2. The first-order chi connectivity index (χ1) is 12.0. The van der Waals surface area contributed by atoms with E-state index in [1.54, 1.807) is 0 Å². The van der Waals surface area contributed by atoms with Gasteiger partial charge in [-0.05, 0) is 51.7 Å². The van der Waals surface area contributed by atoms with Crippen LogP contribution in [0.4, 0.5) is 17.2 Å². The summed E-state index contributed by atoms with van der Waals surface area (Å²) in [4.78, 5) is 8.35. The fraction of sp³-hybridized carbons (Fsp3) is 0.158. The third-order valence-corrected chi connectivity index (χ3v) is 4.43. The molecule has 0 aliphatic carbocycles. The second-order valence-corrected chi connectivity index (χ2v) is 6.73. The zero-order chi connectivity index (χ0) is 17.8. The fourth-order valence-corrected chi connectivity index (χ4v) is 2.67. The van der Waals surface area contributed by atoms with E-state index in [1.165, 1.54) is 11.9 Å². The first kappa shape index (κ1) is 17.2. The number of ether oxygens (including phenoxy) is 1. The Hall–Kier alpha value is -2.60. The molecule has 1 heterocycles. The van der Waals surface area contributed by atoms with Gasteiger partial charge in [0.2, 0.25) is 5.88 Å². The predicted octanol–water partition coefficient (Wildman–Crippen LogP) is 5.48. The molecule has 6 heteroatoms. The zero-order valence-corrected chi connectivity index (χ0v) is 15.6. The summed E-state index contributed by atoms with van der Waals surface area (Å²) < 4.78 is 6.74. The number of benzene rings is 2. The molecule has 3 N–H and O–H groups in total. The molecule has 0 aliphatic heterocycles. The lowest BCUT2D eigenvalue weighted by molar-refractivity contribution is 0.464. The van der Waals surface area contributed by atoms with Gasteiger partial charge >= 0.3 is 0 Å². The van der Waals surface area contributed by atoms with E-state index >= 15 is 0 Å². The molecule has 0 radical (unpaired) electrons. The highest BCUT2D eigenvalue weighted by Gasteiger charge is 2.12. The van der Waals surface area contributed by atoms with Crippen LogP contribution in [0.1, 0.15) is 25.3 Å². The van der Waals surface area contributed by atoms with Crippen LogP contribution in [0.2, 0.25) is 0 Å². The summed E-state index contributed by atoms with van der Waals surface area (Å²) in [7, 11) is 0. The van der Waals surface area contributed by atoms with Gasteiger partial charge in [0.05, 0.1) is 5.69 Å². The lowest BCUT2D eigenvalue weighted by Gasteiger charge is -2.13. The summed E-state index contributed by atoms with van der Waals surface area (Å²) in [5, 5.41) is 3.19. The van der Waals surface area contributed by atoms with Crippen molar-refractivity contribution in [1.29, 1.82) is 0 Å². The molecule has 1 aromatic heterocycles. The molecule has 3 aromatic rings. The predicted molar refractivity (Wildman–Crippen MR) is 104 cm³/mol. The van der Waals surface area contributed by atoms with E-state index in [1.807, 2.05) is 48.5 Å². The van der Waals surface area contributed by atoms with Crippen molar-refractivity contribution in [3.05, 3.63) is 64.9 Å². The molecular weight excluding hydrogens is 380 g/mol. The van der Waals surface area contributed by atoms with Crippen molar-refractivity contribution in [2.75, 3.05) is 11.1 Å².